The van der Waals surface area contributed by atoms with Gasteiger partial charge in [-0.15, -0.1) is 0 Å². The van der Waals surface area contributed by atoms with E-state index in [0.29, 0.717) is 0 Å². The molecule has 0 saturated carbocycles. The summed E-state index contributed by atoms with van der Waals surface area (Å²) in [6, 6.07) is 6.26. The minimum absolute atomic E-state index is 0.188. The van der Waals surface area contributed by atoms with E-state index < -0.39 is 0 Å². The average molecular weight is 436 g/mol. The lowest BCUT2D eigenvalue weighted by molar-refractivity contribution is 0.540. The van der Waals surface area contributed by atoms with E-state index in [0.717, 1.165) is 32.6 Å². The molecule has 21 heavy (non-hydrogen) atoms. The number of hydrogen-bond donors (Lipinski definition) is 1. The molecular formula is C15H18Br2ClN3. The minimum atomic E-state index is 0.188. The highest BCUT2D eigenvalue weighted by atomic mass is 79.9. The molecule has 0 aliphatic rings. The highest BCUT2D eigenvalue weighted by molar-refractivity contribution is 9.10. The van der Waals surface area contributed by atoms with Gasteiger partial charge in [0.15, 0.2) is 0 Å². The van der Waals surface area contributed by atoms with Crippen LogP contribution in [0, 0.1) is 6.92 Å². The van der Waals surface area contributed by atoms with Crippen LogP contribution in [-0.4, -0.2) is 16.8 Å². The molecule has 0 bridgehead atoms. The van der Waals surface area contributed by atoms with E-state index in [4.69, 9.17) is 11.6 Å². The molecule has 1 aromatic carbocycles. The van der Waals surface area contributed by atoms with Gasteiger partial charge in [-0.3, -0.25) is 4.68 Å². The van der Waals surface area contributed by atoms with Crippen molar-refractivity contribution in [3.63, 3.8) is 0 Å². The third kappa shape index (κ3) is 3.70. The smallest absolute Gasteiger partial charge is 0.0738 e. The van der Waals surface area contributed by atoms with Crippen LogP contribution >= 0.6 is 43.5 Å². The fourth-order valence-electron chi connectivity index (χ4n) is 2.37. The third-order valence-corrected chi connectivity index (χ3v) is 5.81. The van der Waals surface area contributed by atoms with Crippen molar-refractivity contribution >= 4 is 43.5 Å². The molecule has 0 radical (unpaired) electrons. The van der Waals surface area contributed by atoms with Gasteiger partial charge in [-0.05, 0) is 70.5 Å². The Morgan fingerprint density at radius 3 is 2.67 bits per heavy atom. The van der Waals surface area contributed by atoms with Gasteiger partial charge >= 0.3 is 0 Å². The van der Waals surface area contributed by atoms with Crippen LogP contribution in [0.4, 0.5) is 0 Å². The van der Waals surface area contributed by atoms with Crippen LogP contribution in [0.2, 0.25) is 5.02 Å². The maximum Gasteiger partial charge on any atom is 0.0738 e. The fourth-order valence-corrected chi connectivity index (χ4v) is 3.25. The Morgan fingerprint density at radius 1 is 1.38 bits per heavy atom. The molecule has 0 aliphatic heterocycles. The summed E-state index contributed by atoms with van der Waals surface area (Å²) in [5.41, 5.74) is 3.39. The molecule has 0 fully saturated rings. The van der Waals surface area contributed by atoms with Crippen molar-refractivity contribution in [2.24, 2.45) is 0 Å². The molecule has 2 aromatic rings. The summed E-state index contributed by atoms with van der Waals surface area (Å²) in [5, 5.41) is 8.64. The number of halogens is 3. The standard InChI is InChI=1S/C15H18Br2ClN3/c1-4-21-14(15(17)9(2)20-21)8-13(19-3)10-5-6-11(16)12(18)7-10/h5-7,13,19H,4,8H2,1-3H3. The second-order valence-corrected chi connectivity index (χ2v) is 6.94. The quantitative estimate of drug-likeness (QED) is 0.725. The lowest BCUT2D eigenvalue weighted by atomic mass is 10.0. The van der Waals surface area contributed by atoms with Crippen LogP contribution in [0.3, 0.4) is 0 Å². The van der Waals surface area contributed by atoms with Gasteiger partial charge in [-0.1, -0.05) is 17.7 Å². The fraction of sp³-hybridized carbons (Fsp3) is 0.400. The highest BCUT2D eigenvalue weighted by Gasteiger charge is 2.18. The normalized spacial score (nSPS) is 12.7. The van der Waals surface area contributed by atoms with Crippen molar-refractivity contribution in [2.75, 3.05) is 7.05 Å². The molecule has 2 rings (SSSR count). The van der Waals surface area contributed by atoms with Crippen molar-refractivity contribution in [2.45, 2.75) is 32.9 Å². The largest absolute Gasteiger partial charge is 0.313 e. The highest BCUT2D eigenvalue weighted by Crippen LogP contribution is 2.30. The first kappa shape index (κ1) is 17.0. The topological polar surface area (TPSA) is 29.9 Å². The first-order chi connectivity index (χ1) is 9.97. The zero-order chi connectivity index (χ0) is 15.6. The zero-order valence-corrected chi connectivity index (χ0v) is 16.2. The van der Waals surface area contributed by atoms with Crippen LogP contribution in [0.1, 0.15) is 29.9 Å². The van der Waals surface area contributed by atoms with Crippen LogP contribution in [0.5, 0.6) is 0 Å². The SMILES string of the molecule is CCn1nc(C)c(Br)c1CC(NC)c1ccc(Br)c(Cl)c1. The number of benzene rings is 1. The molecule has 0 aliphatic carbocycles. The van der Waals surface area contributed by atoms with Gasteiger partial charge in [0, 0.05) is 23.5 Å². The summed E-state index contributed by atoms with van der Waals surface area (Å²) in [6.07, 6.45) is 0.851. The zero-order valence-electron chi connectivity index (χ0n) is 12.3. The number of aryl methyl sites for hydroxylation is 2. The predicted octanol–water partition coefficient (Wildman–Crippen LogP) is 4.89. The van der Waals surface area contributed by atoms with Crippen LogP contribution in [-0.2, 0) is 13.0 Å². The van der Waals surface area contributed by atoms with Crippen LogP contribution < -0.4 is 5.32 Å². The van der Waals surface area contributed by atoms with E-state index in [2.05, 4.69) is 55.3 Å². The summed E-state index contributed by atoms with van der Waals surface area (Å²) in [4.78, 5) is 0. The number of rotatable bonds is 5. The molecule has 6 heteroatoms. The molecule has 114 valence electrons. The van der Waals surface area contributed by atoms with Crippen molar-refractivity contribution in [3.8, 4) is 0 Å². The van der Waals surface area contributed by atoms with Crippen LogP contribution in [0.25, 0.3) is 0 Å². The molecule has 3 nitrogen and oxygen atoms in total. The van der Waals surface area contributed by atoms with Gasteiger partial charge in [0.25, 0.3) is 0 Å². The Labute approximate surface area is 147 Å². The predicted molar refractivity (Wildman–Crippen MR) is 95.0 cm³/mol. The van der Waals surface area contributed by atoms with E-state index in [1.807, 2.05) is 30.8 Å². The molecule has 1 atom stereocenters. The first-order valence-corrected chi connectivity index (χ1v) is 8.78. The maximum absolute atomic E-state index is 6.21. The monoisotopic (exact) mass is 433 g/mol. The van der Waals surface area contributed by atoms with Gasteiger partial charge < -0.3 is 5.32 Å². The molecular weight excluding hydrogens is 417 g/mol. The van der Waals surface area contributed by atoms with Gasteiger partial charge in [-0.2, -0.15) is 5.10 Å². The number of aromatic nitrogens is 2. The molecule has 0 amide bonds. The first-order valence-electron chi connectivity index (χ1n) is 6.81. The number of hydrogen-bond acceptors (Lipinski definition) is 2. The molecule has 1 unspecified atom stereocenters. The second-order valence-electron chi connectivity index (χ2n) is 4.88. The Morgan fingerprint density at radius 2 is 2.10 bits per heavy atom. The lowest BCUT2D eigenvalue weighted by Crippen LogP contribution is -2.20. The lowest BCUT2D eigenvalue weighted by Gasteiger charge is -2.18. The van der Waals surface area contributed by atoms with E-state index in [1.165, 1.54) is 11.3 Å². The number of nitrogens with one attached hydrogen (secondary N) is 1. The van der Waals surface area contributed by atoms with Crippen molar-refractivity contribution in [1.82, 2.24) is 15.1 Å². The van der Waals surface area contributed by atoms with Crippen molar-refractivity contribution in [1.29, 1.82) is 0 Å². The summed E-state index contributed by atoms with van der Waals surface area (Å²) < 4.78 is 4.05. The molecule has 0 spiro atoms. The van der Waals surface area contributed by atoms with E-state index in [-0.39, 0.29) is 6.04 Å². The molecule has 1 aromatic heterocycles. The van der Waals surface area contributed by atoms with Crippen LogP contribution in [0.15, 0.2) is 27.1 Å². The summed E-state index contributed by atoms with van der Waals surface area (Å²) in [5.74, 6) is 0. The second kappa shape index (κ2) is 7.27. The number of likely N-dealkylation sites (N-methyl/N-ethyl adjacent to an activating group) is 1. The summed E-state index contributed by atoms with van der Waals surface area (Å²) in [6.45, 7) is 4.98. The maximum atomic E-state index is 6.21. The summed E-state index contributed by atoms with van der Waals surface area (Å²) in [7, 11) is 1.97. The Kier molecular flexibility index (Phi) is 5.88. The summed E-state index contributed by atoms with van der Waals surface area (Å²) >= 11 is 13.3. The van der Waals surface area contributed by atoms with E-state index in [1.54, 1.807) is 0 Å². The molecule has 1 heterocycles. The third-order valence-electron chi connectivity index (χ3n) is 3.54. The van der Waals surface area contributed by atoms with Gasteiger partial charge in [0.2, 0.25) is 0 Å². The van der Waals surface area contributed by atoms with Gasteiger partial charge in [-0.25, -0.2) is 0 Å². The van der Waals surface area contributed by atoms with Gasteiger partial charge in [0.1, 0.15) is 0 Å². The van der Waals surface area contributed by atoms with Crippen molar-refractivity contribution in [3.05, 3.63) is 49.1 Å². The Balaban J connectivity index is 2.33. The van der Waals surface area contributed by atoms with Gasteiger partial charge in [0.05, 0.1) is 20.9 Å². The molecule has 1 N–H and O–H groups in total. The van der Waals surface area contributed by atoms with E-state index >= 15 is 0 Å². The van der Waals surface area contributed by atoms with Crippen molar-refractivity contribution < 1.29 is 0 Å². The average Bonchev–Trinajstić information content (AvgIpc) is 2.75. The minimum Gasteiger partial charge on any atom is -0.313 e. The number of nitrogens with zero attached hydrogens (tertiary/aromatic N) is 2. The Bertz CT molecular complexity index is 640. The molecule has 0 saturated heterocycles. The Hall–Kier alpha value is -0.360. The van der Waals surface area contributed by atoms with E-state index in [9.17, 15) is 0 Å².